The van der Waals surface area contributed by atoms with Gasteiger partial charge in [0.1, 0.15) is 12.1 Å². The van der Waals surface area contributed by atoms with E-state index in [1.54, 1.807) is 19.9 Å². The lowest BCUT2D eigenvalue weighted by atomic mass is 10.1. The highest BCUT2D eigenvalue weighted by molar-refractivity contribution is 6.08. The van der Waals surface area contributed by atoms with Crippen LogP contribution in [0.4, 0.5) is 10.5 Å². The van der Waals surface area contributed by atoms with E-state index in [2.05, 4.69) is 16.0 Å². The number of amides is 5. The molecule has 5 amide bonds. The van der Waals surface area contributed by atoms with E-state index in [9.17, 15) is 19.2 Å². The molecular weight excluding hydrogens is 324 g/mol. The van der Waals surface area contributed by atoms with Crippen LogP contribution < -0.4 is 16.0 Å². The van der Waals surface area contributed by atoms with Crippen molar-refractivity contribution in [3.05, 3.63) is 29.8 Å². The first-order valence-electron chi connectivity index (χ1n) is 8.03. The van der Waals surface area contributed by atoms with Crippen LogP contribution in [0.3, 0.4) is 0 Å². The number of aryl methyl sites for hydroxylation is 1. The first kappa shape index (κ1) is 18.4. The quantitative estimate of drug-likeness (QED) is 0.657. The Morgan fingerprint density at radius 2 is 1.84 bits per heavy atom. The number of nitrogens with one attached hydrogen (secondary N) is 3. The van der Waals surface area contributed by atoms with Crippen LogP contribution in [-0.2, 0) is 20.8 Å². The van der Waals surface area contributed by atoms with Crippen LogP contribution in [0.25, 0.3) is 0 Å². The monoisotopic (exact) mass is 346 g/mol. The number of hydrogen-bond donors (Lipinski definition) is 3. The normalized spacial score (nSPS) is 15.7. The maximum Gasteiger partial charge on any atom is 0.325 e. The minimum atomic E-state index is -1.03. The van der Waals surface area contributed by atoms with Crippen molar-refractivity contribution in [1.29, 1.82) is 0 Å². The van der Waals surface area contributed by atoms with Crippen LogP contribution in [0.1, 0.15) is 26.3 Å². The van der Waals surface area contributed by atoms with Crippen molar-refractivity contribution < 1.29 is 19.2 Å². The van der Waals surface area contributed by atoms with E-state index < -0.39 is 29.9 Å². The van der Waals surface area contributed by atoms with Crippen molar-refractivity contribution in [1.82, 2.24) is 15.5 Å². The number of anilines is 1. The minimum absolute atomic E-state index is 0.246. The molecule has 0 spiro atoms. The molecule has 2 rings (SSSR count). The lowest BCUT2D eigenvalue weighted by molar-refractivity contribution is -0.134. The van der Waals surface area contributed by atoms with E-state index in [0.717, 1.165) is 16.9 Å². The summed E-state index contributed by atoms with van der Waals surface area (Å²) in [6.45, 7) is 4.43. The van der Waals surface area contributed by atoms with Gasteiger partial charge < -0.3 is 16.0 Å². The summed E-state index contributed by atoms with van der Waals surface area (Å²) in [7, 11) is 0. The predicted molar refractivity (Wildman–Crippen MR) is 91.8 cm³/mol. The molecule has 8 heteroatoms. The third-order valence-corrected chi connectivity index (χ3v) is 3.86. The van der Waals surface area contributed by atoms with Gasteiger partial charge in [-0.15, -0.1) is 0 Å². The van der Waals surface area contributed by atoms with E-state index in [1.165, 1.54) is 0 Å². The van der Waals surface area contributed by atoms with Crippen LogP contribution in [0.2, 0.25) is 0 Å². The highest BCUT2D eigenvalue weighted by Gasteiger charge is 2.44. The minimum Gasteiger partial charge on any atom is -0.345 e. The zero-order valence-electron chi connectivity index (χ0n) is 14.5. The molecule has 1 fully saturated rings. The zero-order chi connectivity index (χ0) is 18.6. The van der Waals surface area contributed by atoms with Gasteiger partial charge in [0.05, 0.1) is 6.54 Å². The molecule has 134 valence electrons. The van der Waals surface area contributed by atoms with Crippen molar-refractivity contribution in [2.24, 2.45) is 0 Å². The topological polar surface area (TPSA) is 108 Å². The molecule has 0 unspecified atom stereocenters. The van der Waals surface area contributed by atoms with Crippen molar-refractivity contribution >= 4 is 29.4 Å². The fourth-order valence-electron chi connectivity index (χ4n) is 2.48. The number of imide groups is 1. The molecule has 1 heterocycles. The summed E-state index contributed by atoms with van der Waals surface area (Å²) in [4.78, 5) is 48.4. The number of para-hydroxylation sites is 1. The Morgan fingerprint density at radius 3 is 2.44 bits per heavy atom. The molecule has 0 atom stereocenters. The first-order valence-corrected chi connectivity index (χ1v) is 8.03. The predicted octanol–water partition coefficient (Wildman–Crippen LogP) is 0.634. The average molecular weight is 346 g/mol. The average Bonchev–Trinajstić information content (AvgIpc) is 2.75. The van der Waals surface area contributed by atoms with Gasteiger partial charge in [-0.2, -0.15) is 0 Å². The third-order valence-electron chi connectivity index (χ3n) is 3.86. The molecule has 1 aliphatic heterocycles. The lowest BCUT2D eigenvalue weighted by Gasteiger charge is -2.15. The second kappa shape index (κ2) is 7.33. The molecule has 1 aromatic rings. The van der Waals surface area contributed by atoms with Gasteiger partial charge in [0.25, 0.3) is 5.91 Å². The molecular formula is C17H22N4O4. The Morgan fingerprint density at radius 1 is 1.16 bits per heavy atom. The number of carbonyl (C=O) groups excluding carboxylic acids is 4. The largest absolute Gasteiger partial charge is 0.345 e. The fraction of sp³-hybridized carbons (Fsp3) is 0.412. The molecule has 1 aliphatic rings. The molecule has 25 heavy (non-hydrogen) atoms. The summed E-state index contributed by atoms with van der Waals surface area (Å²) in [6.07, 6.45) is 0.769. The van der Waals surface area contributed by atoms with E-state index in [1.807, 2.05) is 25.1 Å². The summed E-state index contributed by atoms with van der Waals surface area (Å²) in [5.41, 5.74) is 0.655. The van der Waals surface area contributed by atoms with E-state index in [-0.39, 0.29) is 12.5 Å². The Hall–Kier alpha value is -2.90. The molecule has 3 N–H and O–H groups in total. The second-order valence-corrected chi connectivity index (χ2v) is 6.28. The van der Waals surface area contributed by atoms with Gasteiger partial charge >= 0.3 is 6.03 Å². The smallest absolute Gasteiger partial charge is 0.325 e. The molecule has 1 saturated heterocycles. The van der Waals surface area contributed by atoms with E-state index in [0.29, 0.717) is 5.69 Å². The van der Waals surface area contributed by atoms with Crippen LogP contribution in [0.15, 0.2) is 24.3 Å². The maximum absolute atomic E-state index is 12.0. The standard InChI is InChI=1S/C17H22N4O4/c1-4-11-7-5-6-8-12(11)19-13(22)9-18-14(23)10-21-15(24)17(2,3)20-16(21)25/h5-8H,4,9-10H2,1-3H3,(H,18,23)(H,19,22)(H,20,25). The van der Waals surface area contributed by atoms with Gasteiger partial charge in [-0.05, 0) is 31.9 Å². The first-order chi connectivity index (χ1) is 11.7. The molecule has 8 nitrogen and oxygen atoms in total. The van der Waals surface area contributed by atoms with Gasteiger partial charge in [0.2, 0.25) is 11.8 Å². The van der Waals surface area contributed by atoms with E-state index >= 15 is 0 Å². The molecule has 0 aliphatic carbocycles. The number of carbonyl (C=O) groups is 4. The Balaban J connectivity index is 1.85. The van der Waals surface area contributed by atoms with Crippen LogP contribution >= 0.6 is 0 Å². The number of rotatable bonds is 6. The highest BCUT2D eigenvalue weighted by atomic mass is 16.2. The Bertz CT molecular complexity index is 714. The summed E-state index contributed by atoms with van der Waals surface area (Å²) in [5, 5.41) is 7.62. The number of urea groups is 1. The van der Waals surface area contributed by atoms with Gasteiger partial charge in [-0.25, -0.2) is 4.79 Å². The SMILES string of the molecule is CCc1ccccc1NC(=O)CNC(=O)CN1C(=O)NC(C)(C)C1=O. The van der Waals surface area contributed by atoms with Crippen LogP contribution in [-0.4, -0.2) is 47.3 Å². The number of nitrogens with zero attached hydrogens (tertiary/aromatic N) is 1. The number of hydrogen-bond acceptors (Lipinski definition) is 4. The lowest BCUT2D eigenvalue weighted by Crippen LogP contribution is -2.44. The Kier molecular flexibility index (Phi) is 5.41. The highest BCUT2D eigenvalue weighted by Crippen LogP contribution is 2.16. The van der Waals surface area contributed by atoms with Gasteiger partial charge in [-0.1, -0.05) is 25.1 Å². The Labute approximate surface area is 145 Å². The molecule has 0 saturated carbocycles. The van der Waals surface area contributed by atoms with Gasteiger partial charge in [0.15, 0.2) is 0 Å². The second-order valence-electron chi connectivity index (χ2n) is 6.28. The molecule has 0 bridgehead atoms. The summed E-state index contributed by atoms with van der Waals surface area (Å²) < 4.78 is 0. The fourth-order valence-corrected chi connectivity index (χ4v) is 2.48. The van der Waals surface area contributed by atoms with Crippen molar-refractivity contribution in [3.8, 4) is 0 Å². The summed E-state index contributed by atoms with van der Waals surface area (Å²) in [6, 6.07) is 6.77. The zero-order valence-corrected chi connectivity index (χ0v) is 14.5. The van der Waals surface area contributed by atoms with Crippen LogP contribution in [0.5, 0.6) is 0 Å². The number of benzene rings is 1. The molecule has 0 radical (unpaired) electrons. The van der Waals surface area contributed by atoms with Crippen molar-refractivity contribution in [3.63, 3.8) is 0 Å². The summed E-state index contributed by atoms with van der Waals surface area (Å²) in [5.74, 6) is -1.44. The molecule has 0 aromatic heterocycles. The summed E-state index contributed by atoms with van der Waals surface area (Å²) >= 11 is 0. The van der Waals surface area contributed by atoms with Gasteiger partial charge in [-0.3, -0.25) is 19.3 Å². The van der Waals surface area contributed by atoms with Crippen molar-refractivity contribution in [2.75, 3.05) is 18.4 Å². The van der Waals surface area contributed by atoms with Crippen molar-refractivity contribution in [2.45, 2.75) is 32.7 Å². The third kappa shape index (κ3) is 4.34. The van der Waals surface area contributed by atoms with Crippen LogP contribution in [0, 0.1) is 0 Å². The van der Waals surface area contributed by atoms with E-state index in [4.69, 9.17) is 0 Å². The molecule has 1 aromatic carbocycles. The maximum atomic E-state index is 12.0. The van der Waals surface area contributed by atoms with Gasteiger partial charge in [0, 0.05) is 5.69 Å².